The molecule has 0 bridgehead atoms. The molecule has 0 N–H and O–H groups in total. The molecule has 3 nitrogen and oxygen atoms in total. The average molecular weight is 278 g/mol. The van der Waals surface area contributed by atoms with Crippen molar-refractivity contribution in [3.05, 3.63) is 28.8 Å². The van der Waals surface area contributed by atoms with E-state index < -0.39 is 0 Å². The Labute approximate surface area is 122 Å². The van der Waals surface area contributed by atoms with Crippen LogP contribution in [0.2, 0.25) is 0 Å². The predicted molar refractivity (Wildman–Crippen MR) is 81.4 cm³/mol. The van der Waals surface area contributed by atoms with Crippen LogP contribution in [0.4, 0.5) is 0 Å². The first-order chi connectivity index (χ1) is 9.45. The summed E-state index contributed by atoms with van der Waals surface area (Å²) in [6.45, 7) is 11.1. The fourth-order valence-electron chi connectivity index (χ4n) is 2.17. The maximum atomic E-state index is 12.0. The Morgan fingerprint density at radius 2 is 1.95 bits per heavy atom. The quantitative estimate of drug-likeness (QED) is 0.551. The Morgan fingerprint density at radius 1 is 1.25 bits per heavy atom. The van der Waals surface area contributed by atoms with Crippen molar-refractivity contribution < 1.29 is 14.3 Å². The summed E-state index contributed by atoms with van der Waals surface area (Å²) in [6.07, 6.45) is 2.12. The second-order valence-electron chi connectivity index (χ2n) is 5.56. The molecule has 0 atom stereocenters. The summed E-state index contributed by atoms with van der Waals surface area (Å²) in [5.74, 6) is 1.03. The van der Waals surface area contributed by atoms with E-state index in [9.17, 15) is 4.79 Å². The minimum absolute atomic E-state index is 0.307. The maximum absolute atomic E-state index is 12.0. The van der Waals surface area contributed by atoms with Crippen LogP contribution in [0.15, 0.2) is 12.1 Å². The van der Waals surface area contributed by atoms with E-state index in [0.29, 0.717) is 30.4 Å². The van der Waals surface area contributed by atoms with Crippen molar-refractivity contribution in [1.29, 1.82) is 0 Å². The SMILES string of the molecule is CCOC(=O)c1cc(C)cc(C)c1OCCCC(C)C. The van der Waals surface area contributed by atoms with Crippen LogP contribution in [0.5, 0.6) is 5.75 Å². The van der Waals surface area contributed by atoms with Crippen molar-refractivity contribution in [2.45, 2.75) is 47.5 Å². The summed E-state index contributed by atoms with van der Waals surface area (Å²) in [7, 11) is 0. The summed E-state index contributed by atoms with van der Waals surface area (Å²) in [5.41, 5.74) is 2.56. The molecule has 1 rings (SSSR count). The molecule has 0 spiro atoms. The van der Waals surface area contributed by atoms with Gasteiger partial charge in [-0.05, 0) is 56.7 Å². The van der Waals surface area contributed by atoms with Crippen molar-refractivity contribution in [2.24, 2.45) is 5.92 Å². The van der Waals surface area contributed by atoms with Gasteiger partial charge in [0.05, 0.1) is 13.2 Å². The van der Waals surface area contributed by atoms with Crippen LogP contribution in [-0.2, 0) is 4.74 Å². The number of ether oxygens (including phenoxy) is 2. The third kappa shape index (κ3) is 4.87. The van der Waals surface area contributed by atoms with Gasteiger partial charge in [-0.15, -0.1) is 0 Å². The van der Waals surface area contributed by atoms with Gasteiger partial charge in [-0.25, -0.2) is 4.79 Å². The molecule has 112 valence electrons. The van der Waals surface area contributed by atoms with E-state index in [1.807, 2.05) is 32.9 Å². The van der Waals surface area contributed by atoms with Gasteiger partial charge in [0.15, 0.2) is 0 Å². The van der Waals surface area contributed by atoms with Crippen LogP contribution >= 0.6 is 0 Å². The maximum Gasteiger partial charge on any atom is 0.341 e. The fourth-order valence-corrected chi connectivity index (χ4v) is 2.17. The van der Waals surface area contributed by atoms with Gasteiger partial charge < -0.3 is 9.47 Å². The molecule has 1 aromatic rings. The largest absolute Gasteiger partial charge is 0.492 e. The van der Waals surface area contributed by atoms with Crippen molar-refractivity contribution in [3.8, 4) is 5.75 Å². The highest BCUT2D eigenvalue weighted by Gasteiger charge is 2.16. The van der Waals surface area contributed by atoms with Crippen LogP contribution in [0.1, 0.15) is 55.1 Å². The smallest absolute Gasteiger partial charge is 0.341 e. The van der Waals surface area contributed by atoms with E-state index in [1.54, 1.807) is 0 Å². The lowest BCUT2D eigenvalue weighted by Gasteiger charge is -2.15. The standard InChI is InChI=1S/C17H26O3/c1-6-19-17(18)15-11-13(4)10-14(5)16(15)20-9-7-8-12(2)3/h10-12H,6-9H2,1-5H3. The molecule has 0 aliphatic heterocycles. The van der Waals surface area contributed by atoms with Crippen LogP contribution < -0.4 is 4.74 Å². The van der Waals surface area contributed by atoms with Gasteiger partial charge in [-0.1, -0.05) is 19.9 Å². The number of rotatable bonds is 7. The van der Waals surface area contributed by atoms with E-state index in [4.69, 9.17) is 9.47 Å². The zero-order valence-electron chi connectivity index (χ0n) is 13.3. The topological polar surface area (TPSA) is 35.5 Å². The first-order valence-corrected chi connectivity index (χ1v) is 7.36. The number of carbonyl (C=O) groups is 1. The highest BCUT2D eigenvalue weighted by molar-refractivity contribution is 5.93. The number of esters is 1. The van der Waals surface area contributed by atoms with Crippen molar-refractivity contribution in [3.63, 3.8) is 0 Å². The van der Waals surface area contributed by atoms with E-state index in [1.165, 1.54) is 0 Å². The van der Waals surface area contributed by atoms with Crippen LogP contribution in [0.25, 0.3) is 0 Å². The monoisotopic (exact) mass is 278 g/mol. The molecular formula is C17H26O3. The van der Waals surface area contributed by atoms with Gasteiger partial charge in [0.2, 0.25) is 0 Å². The van der Waals surface area contributed by atoms with Gasteiger partial charge >= 0.3 is 5.97 Å². The average Bonchev–Trinajstić information content (AvgIpc) is 2.35. The van der Waals surface area contributed by atoms with Gasteiger partial charge in [0.25, 0.3) is 0 Å². The molecule has 0 heterocycles. The highest BCUT2D eigenvalue weighted by Crippen LogP contribution is 2.26. The fraction of sp³-hybridized carbons (Fsp3) is 0.588. The first-order valence-electron chi connectivity index (χ1n) is 7.36. The Kier molecular flexibility index (Phi) is 6.56. The molecule has 1 aromatic carbocycles. The second-order valence-corrected chi connectivity index (χ2v) is 5.56. The molecule has 20 heavy (non-hydrogen) atoms. The third-order valence-electron chi connectivity index (χ3n) is 3.09. The zero-order chi connectivity index (χ0) is 15.1. The van der Waals surface area contributed by atoms with Crippen molar-refractivity contribution in [1.82, 2.24) is 0 Å². The lowest BCUT2D eigenvalue weighted by atomic mass is 10.1. The predicted octanol–water partition coefficient (Wildman–Crippen LogP) is 4.30. The number of aryl methyl sites for hydroxylation is 2. The van der Waals surface area contributed by atoms with Crippen LogP contribution in [-0.4, -0.2) is 19.2 Å². The molecule has 0 aliphatic rings. The van der Waals surface area contributed by atoms with E-state index in [0.717, 1.165) is 24.0 Å². The number of carbonyl (C=O) groups excluding carboxylic acids is 1. The van der Waals surface area contributed by atoms with Crippen LogP contribution in [0.3, 0.4) is 0 Å². The Balaban J connectivity index is 2.84. The number of hydrogen-bond donors (Lipinski definition) is 0. The molecule has 0 fully saturated rings. The number of benzene rings is 1. The molecular weight excluding hydrogens is 252 g/mol. The Hall–Kier alpha value is -1.51. The molecule has 3 heteroatoms. The molecule has 0 amide bonds. The minimum atomic E-state index is -0.307. The Morgan fingerprint density at radius 3 is 2.55 bits per heavy atom. The van der Waals surface area contributed by atoms with Gasteiger partial charge in [0, 0.05) is 0 Å². The van der Waals surface area contributed by atoms with Crippen molar-refractivity contribution >= 4 is 5.97 Å². The summed E-state index contributed by atoms with van der Waals surface area (Å²) in [4.78, 5) is 12.0. The molecule has 0 radical (unpaired) electrons. The highest BCUT2D eigenvalue weighted by atomic mass is 16.5. The summed E-state index contributed by atoms with van der Waals surface area (Å²) in [6, 6.07) is 3.86. The zero-order valence-corrected chi connectivity index (χ0v) is 13.3. The van der Waals surface area contributed by atoms with Gasteiger partial charge in [-0.2, -0.15) is 0 Å². The lowest BCUT2D eigenvalue weighted by molar-refractivity contribution is 0.0521. The second kappa shape index (κ2) is 7.93. The molecule has 0 aliphatic carbocycles. The third-order valence-corrected chi connectivity index (χ3v) is 3.09. The van der Waals surface area contributed by atoms with Gasteiger partial charge in [-0.3, -0.25) is 0 Å². The summed E-state index contributed by atoms with van der Waals surface area (Å²) in [5, 5.41) is 0. The summed E-state index contributed by atoms with van der Waals surface area (Å²) < 4.78 is 10.9. The van der Waals surface area contributed by atoms with Crippen molar-refractivity contribution in [2.75, 3.05) is 13.2 Å². The first kappa shape index (κ1) is 16.5. The van der Waals surface area contributed by atoms with E-state index in [2.05, 4.69) is 13.8 Å². The van der Waals surface area contributed by atoms with Crippen LogP contribution in [0, 0.1) is 19.8 Å². The lowest BCUT2D eigenvalue weighted by Crippen LogP contribution is -2.10. The van der Waals surface area contributed by atoms with Gasteiger partial charge in [0.1, 0.15) is 11.3 Å². The molecule has 0 saturated heterocycles. The minimum Gasteiger partial charge on any atom is -0.492 e. The van der Waals surface area contributed by atoms with E-state index >= 15 is 0 Å². The normalized spacial score (nSPS) is 10.7. The molecule has 0 saturated carbocycles. The number of hydrogen-bond acceptors (Lipinski definition) is 3. The summed E-state index contributed by atoms with van der Waals surface area (Å²) >= 11 is 0. The Bertz CT molecular complexity index is 450. The molecule has 0 unspecified atom stereocenters. The molecule has 0 aromatic heterocycles. The van der Waals surface area contributed by atoms with E-state index in [-0.39, 0.29) is 5.97 Å².